The molecule has 5 heteroatoms. The molecule has 104 valence electrons. The van der Waals surface area contributed by atoms with Gasteiger partial charge in [0, 0.05) is 5.69 Å². The molecule has 1 aromatic rings. The SMILES string of the molecule is CCC[C@@H](NC(=O)Nc1ccc(C)cc1C)C(=O)O. The minimum absolute atomic E-state index is 0.412. The highest BCUT2D eigenvalue weighted by molar-refractivity contribution is 5.92. The third-order valence-corrected chi connectivity index (χ3v) is 2.81. The van der Waals surface area contributed by atoms with E-state index in [1.54, 1.807) is 6.07 Å². The maximum absolute atomic E-state index is 11.8. The highest BCUT2D eigenvalue weighted by atomic mass is 16.4. The number of nitrogens with one attached hydrogen (secondary N) is 2. The molecule has 0 heterocycles. The first kappa shape index (κ1) is 15.0. The summed E-state index contributed by atoms with van der Waals surface area (Å²) >= 11 is 0. The first-order chi connectivity index (χ1) is 8.93. The molecule has 0 spiro atoms. The van der Waals surface area contributed by atoms with Crippen molar-refractivity contribution in [3.63, 3.8) is 0 Å². The number of aliphatic carboxylic acids is 1. The van der Waals surface area contributed by atoms with Crippen molar-refractivity contribution in [3.05, 3.63) is 29.3 Å². The third kappa shape index (κ3) is 4.62. The number of aryl methyl sites for hydroxylation is 2. The summed E-state index contributed by atoms with van der Waals surface area (Å²) in [7, 11) is 0. The van der Waals surface area contributed by atoms with Gasteiger partial charge in [0.15, 0.2) is 0 Å². The van der Waals surface area contributed by atoms with Crippen LogP contribution in [0.2, 0.25) is 0 Å². The van der Waals surface area contributed by atoms with Gasteiger partial charge in [-0.3, -0.25) is 0 Å². The Bertz CT molecular complexity index is 472. The van der Waals surface area contributed by atoms with Crippen LogP contribution in [-0.4, -0.2) is 23.1 Å². The number of carboxylic acid groups (broad SMARTS) is 1. The average molecular weight is 264 g/mol. The van der Waals surface area contributed by atoms with E-state index in [4.69, 9.17) is 5.11 Å². The molecule has 19 heavy (non-hydrogen) atoms. The summed E-state index contributed by atoms with van der Waals surface area (Å²) in [5, 5.41) is 14.1. The molecule has 3 N–H and O–H groups in total. The van der Waals surface area contributed by atoms with Crippen LogP contribution in [0, 0.1) is 13.8 Å². The van der Waals surface area contributed by atoms with E-state index in [1.807, 2.05) is 32.9 Å². The monoisotopic (exact) mass is 264 g/mol. The summed E-state index contributed by atoms with van der Waals surface area (Å²) in [5.41, 5.74) is 2.74. The summed E-state index contributed by atoms with van der Waals surface area (Å²) in [6.07, 6.45) is 1.11. The molecular weight excluding hydrogens is 244 g/mol. The Morgan fingerprint density at radius 2 is 2.00 bits per heavy atom. The Hall–Kier alpha value is -2.04. The number of amides is 2. The lowest BCUT2D eigenvalue weighted by Gasteiger charge is -2.15. The number of carbonyl (C=O) groups excluding carboxylic acids is 1. The molecule has 1 rings (SSSR count). The first-order valence-corrected chi connectivity index (χ1v) is 6.31. The van der Waals surface area contributed by atoms with Gasteiger partial charge in [0.05, 0.1) is 0 Å². The van der Waals surface area contributed by atoms with E-state index in [2.05, 4.69) is 10.6 Å². The van der Waals surface area contributed by atoms with Gasteiger partial charge in [0.1, 0.15) is 6.04 Å². The second kappa shape index (κ2) is 6.78. The predicted molar refractivity (Wildman–Crippen MR) is 74.4 cm³/mol. The summed E-state index contributed by atoms with van der Waals surface area (Å²) in [6.45, 7) is 5.74. The topological polar surface area (TPSA) is 78.4 Å². The Kier molecular flexibility index (Phi) is 5.36. The molecule has 0 aliphatic carbocycles. The van der Waals surface area contributed by atoms with E-state index in [-0.39, 0.29) is 0 Å². The zero-order valence-electron chi connectivity index (χ0n) is 11.5. The number of hydrogen-bond donors (Lipinski definition) is 3. The Morgan fingerprint density at radius 3 is 2.53 bits per heavy atom. The van der Waals surface area contributed by atoms with Crippen LogP contribution in [0.5, 0.6) is 0 Å². The number of anilines is 1. The molecule has 0 fully saturated rings. The van der Waals surface area contributed by atoms with Crippen LogP contribution >= 0.6 is 0 Å². The number of benzene rings is 1. The van der Waals surface area contributed by atoms with Crippen LogP contribution in [0.25, 0.3) is 0 Å². The van der Waals surface area contributed by atoms with Crippen LogP contribution in [0.3, 0.4) is 0 Å². The lowest BCUT2D eigenvalue weighted by atomic mass is 10.1. The van der Waals surface area contributed by atoms with Crippen molar-refractivity contribution in [2.24, 2.45) is 0 Å². The predicted octanol–water partition coefficient (Wildman–Crippen LogP) is 2.68. The van der Waals surface area contributed by atoms with Crippen LogP contribution in [0.15, 0.2) is 18.2 Å². The number of hydrogen-bond acceptors (Lipinski definition) is 2. The zero-order valence-corrected chi connectivity index (χ0v) is 11.5. The minimum atomic E-state index is -1.02. The molecule has 0 aliphatic heterocycles. The van der Waals surface area contributed by atoms with Crippen molar-refractivity contribution < 1.29 is 14.7 Å². The number of urea groups is 1. The summed E-state index contributed by atoms with van der Waals surface area (Å²) in [4.78, 5) is 22.7. The van der Waals surface area contributed by atoms with Crippen LogP contribution < -0.4 is 10.6 Å². The number of carbonyl (C=O) groups is 2. The average Bonchev–Trinajstić information content (AvgIpc) is 2.32. The molecular formula is C14H20N2O3. The Morgan fingerprint density at radius 1 is 1.32 bits per heavy atom. The van der Waals surface area contributed by atoms with Crippen molar-refractivity contribution in [2.45, 2.75) is 39.7 Å². The molecule has 1 aromatic carbocycles. The second-order valence-corrected chi connectivity index (χ2v) is 4.60. The van der Waals surface area contributed by atoms with E-state index in [0.29, 0.717) is 18.5 Å². The molecule has 1 atom stereocenters. The van der Waals surface area contributed by atoms with Gasteiger partial charge >= 0.3 is 12.0 Å². The van der Waals surface area contributed by atoms with E-state index < -0.39 is 18.0 Å². The van der Waals surface area contributed by atoms with Gasteiger partial charge in [-0.2, -0.15) is 0 Å². The van der Waals surface area contributed by atoms with Crippen molar-refractivity contribution in [1.29, 1.82) is 0 Å². The van der Waals surface area contributed by atoms with Gasteiger partial charge in [-0.05, 0) is 31.9 Å². The largest absolute Gasteiger partial charge is 0.480 e. The van der Waals surface area contributed by atoms with Crippen LogP contribution in [-0.2, 0) is 4.79 Å². The van der Waals surface area contributed by atoms with E-state index >= 15 is 0 Å². The number of rotatable bonds is 5. The zero-order chi connectivity index (χ0) is 14.4. The molecule has 5 nitrogen and oxygen atoms in total. The standard InChI is InChI=1S/C14H20N2O3/c1-4-5-12(13(17)18)16-14(19)15-11-7-6-9(2)8-10(11)3/h6-8,12H,4-5H2,1-3H3,(H,17,18)(H2,15,16,19)/t12-/m1/s1. The fourth-order valence-corrected chi connectivity index (χ4v) is 1.82. The Labute approximate surface area is 113 Å². The van der Waals surface area contributed by atoms with Crippen molar-refractivity contribution >= 4 is 17.7 Å². The van der Waals surface area contributed by atoms with Gasteiger partial charge < -0.3 is 15.7 Å². The normalized spacial score (nSPS) is 11.7. The lowest BCUT2D eigenvalue weighted by molar-refractivity contribution is -0.139. The highest BCUT2D eigenvalue weighted by Gasteiger charge is 2.18. The van der Waals surface area contributed by atoms with Gasteiger partial charge in [0.25, 0.3) is 0 Å². The molecule has 0 saturated heterocycles. The maximum atomic E-state index is 11.8. The van der Waals surface area contributed by atoms with Crippen LogP contribution in [0.1, 0.15) is 30.9 Å². The van der Waals surface area contributed by atoms with Gasteiger partial charge in [0.2, 0.25) is 0 Å². The maximum Gasteiger partial charge on any atom is 0.326 e. The lowest BCUT2D eigenvalue weighted by Crippen LogP contribution is -2.42. The van der Waals surface area contributed by atoms with Crippen molar-refractivity contribution in [2.75, 3.05) is 5.32 Å². The minimum Gasteiger partial charge on any atom is -0.480 e. The van der Waals surface area contributed by atoms with Crippen LogP contribution in [0.4, 0.5) is 10.5 Å². The first-order valence-electron chi connectivity index (χ1n) is 6.31. The van der Waals surface area contributed by atoms with Gasteiger partial charge in [-0.15, -0.1) is 0 Å². The van der Waals surface area contributed by atoms with E-state index in [0.717, 1.165) is 11.1 Å². The molecule has 0 aliphatic rings. The van der Waals surface area contributed by atoms with E-state index in [1.165, 1.54) is 0 Å². The number of carboxylic acids is 1. The smallest absolute Gasteiger partial charge is 0.326 e. The third-order valence-electron chi connectivity index (χ3n) is 2.81. The Balaban J connectivity index is 2.66. The molecule has 0 saturated carbocycles. The van der Waals surface area contributed by atoms with Crippen molar-refractivity contribution in [3.8, 4) is 0 Å². The van der Waals surface area contributed by atoms with Gasteiger partial charge in [-0.25, -0.2) is 9.59 Å². The fraction of sp³-hybridized carbons (Fsp3) is 0.429. The second-order valence-electron chi connectivity index (χ2n) is 4.60. The molecule has 0 radical (unpaired) electrons. The van der Waals surface area contributed by atoms with Crippen molar-refractivity contribution in [1.82, 2.24) is 5.32 Å². The molecule has 0 aromatic heterocycles. The summed E-state index contributed by atoms with van der Waals surface area (Å²) < 4.78 is 0. The fourth-order valence-electron chi connectivity index (χ4n) is 1.82. The molecule has 0 bridgehead atoms. The quantitative estimate of drug-likeness (QED) is 0.765. The summed E-state index contributed by atoms with van der Waals surface area (Å²) in [6, 6.07) is 4.31. The summed E-state index contributed by atoms with van der Waals surface area (Å²) in [5.74, 6) is -1.02. The molecule has 0 unspecified atom stereocenters. The molecule has 2 amide bonds. The highest BCUT2D eigenvalue weighted by Crippen LogP contribution is 2.15. The van der Waals surface area contributed by atoms with E-state index in [9.17, 15) is 9.59 Å². The van der Waals surface area contributed by atoms with Gasteiger partial charge in [-0.1, -0.05) is 31.0 Å².